The normalized spacial score (nSPS) is 28.4. The van der Waals surface area contributed by atoms with Gasteiger partial charge in [0.2, 0.25) is 0 Å². The summed E-state index contributed by atoms with van der Waals surface area (Å²) in [5.41, 5.74) is 0.565. The van der Waals surface area contributed by atoms with Crippen molar-refractivity contribution < 1.29 is 14.3 Å². The van der Waals surface area contributed by atoms with Crippen LogP contribution in [0.3, 0.4) is 0 Å². The molecule has 0 amide bonds. The highest BCUT2D eigenvalue weighted by atomic mass is 16.5. The summed E-state index contributed by atoms with van der Waals surface area (Å²) in [4.78, 5) is 11.3. The number of rotatable bonds is 4. The number of carbonyl (C=O) groups excluding carboxylic acids is 1. The van der Waals surface area contributed by atoms with Crippen LogP contribution < -0.4 is 4.74 Å². The topological polar surface area (TPSA) is 35.5 Å². The molecule has 102 valence electrons. The molecule has 3 unspecified atom stereocenters. The average molecular weight is 260 g/mol. The lowest BCUT2D eigenvalue weighted by Crippen LogP contribution is -2.18. The Morgan fingerprint density at radius 2 is 2.00 bits per heavy atom. The van der Waals surface area contributed by atoms with E-state index in [0.717, 1.165) is 30.1 Å². The van der Waals surface area contributed by atoms with E-state index in [9.17, 15) is 4.79 Å². The molecule has 2 saturated carbocycles. The molecule has 0 aliphatic heterocycles. The predicted molar refractivity (Wildman–Crippen MR) is 72.2 cm³/mol. The van der Waals surface area contributed by atoms with Gasteiger partial charge in [0.15, 0.2) is 0 Å². The molecule has 2 aliphatic rings. The van der Waals surface area contributed by atoms with Crippen LogP contribution in [0.25, 0.3) is 0 Å². The number of methoxy groups -OCH3 is 1. The Kier molecular flexibility index (Phi) is 3.45. The third-order valence-electron chi connectivity index (χ3n) is 4.62. The van der Waals surface area contributed by atoms with Gasteiger partial charge in [0.25, 0.3) is 0 Å². The molecule has 3 nitrogen and oxygen atoms in total. The van der Waals surface area contributed by atoms with Gasteiger partial charge in [0.1, 0.15) is 5.75 Å². The molecule has 3 rings (SSSR count). The van der Waals surface area contributed by atoms with E-state index in [0.29, 0.717) is 5.56 Å². The van der Waals surface area contributed by atoms with Crippen molar-refractivity contribution >= 4 is 5.97 Å². The maximum Gasteiger partial charge on any atom is 0.337 e. The van der Waals surface area contributed by atoms with Crippen molar-refractivity contribution in [3.05, 3.63) is 29.8 Å². The lowest BCUT2D eigenvalue weighted by molar-refractivity contribution is 0.0600. The number of ether oxygens (including phenoxy) is 2. The predicted octanol–water partition coefficient (Wildman–Crippen LogP) is 3.29. The molecule has 2 fully saturated rings. The molecular weight excluding hydrogens is 240 g/mol. The van der Waals surface area contributed by atoms with E-state index in [2.05, 4.69) is 4.74 Å². The Balaban J connectivity index is 1.54. The van der Waals surface area contributed by atoms with E-state index in [1.165, 1.54) is 32.8 Å². The first-order valence-electron chi connectivity index (χ1n) is 7.07. The van der Waals surface area contributed by atoms with Gasteiger partial charge in [-0.2, -0.15) is 0 Å². The number of fused-ring (bicyclic) bond motifs is 2. The third-order valence-corrected chi connectivity index (χ3v) is 4.62. The van der Waals surface area contributed by atoms with Gasteiger partial charge in [0, 0.05) is 0 Å². The maximum atomic E-state index is 11.3. The largest absolute Gasteiger partial charge is 0.493 e. The lowest BCUT2D eigenvalue weighted by Gasteiger charge is -2.21. The van der Waals surface area contributed by atoms with Crippen LogP contribution in [0.2, 0.25) is 0 Å². The zero-order chi connectivity index (χ0) is 13.2. The number of hydrogen-bond donors (Lipinski definition) is 0. The van der Waals surface area contributed by atoms with Crippen LogP contribution in [-0.4, -0.2) is 19.7 Å². The van der Waals surface area contributed by atoms with Crippen LogP contribution in [0.4, 0.5) is 0 Å². The van der Waals surface area contributed by atoms with Crippen molar-refractivity contribution in [3.8, 4) is 5.75 Å². The fourth-order valence-corrected chi connectivity index (χ4v) is 3.59. The molecule has 0 saturated heterocycles. The van der Waals surface area contributed by atoms with Gasteiger partial charge in [0.05, 0.1) is 19.3 Å². The second-order valence-electron chi connectivity index (χ2n) is 5.76. The van der Waals surface area contributed by atoms with Crippen molar-refractivity contribution in [2.24, 2.45) is 17.8 Å². The number of esters is 1. The summed E-state index contributed by atoms with van der Waals surface area (Å²) in [7, 11) is 1.39. The number of hydrogen-bond acceptors (Lipinski definition) is 3. The first kappa shape index (κ1) is 12.5. The van der Waals surface area contributed by atoms with E-state index >= 15 is 0 Å². The molecule has 0 N–H and O–H groups in total. The minimum atomic E-state index is -0.306. The van der Waals surface area contributed by atoms with Crippen molar-refractivity contribution in [1.82, 2.24) is 0 Å². The first-order valence-corrected chi connectivity index (χ1v) is 7.07. The van der Waals surface area contributed by atoms with Crippen molar-refractivity contribution in [2.75, 3.05) is 13.7 Å². The monoisotopic (exact) mass is 260 g/mol. The van der Waals surface area contributed by atoms with Gasteiger partial charge in [-0.25, -0.2) is 4.79 Å². The summed E-state index contributed by atoms with van der Waals surface area (Å²) in [6, 6.07) is 7.20. The van der Waals surface area contributed by atoms with E-state index in [1.807, 2.05) is 12.1 Å². The summed E-state index contributed by atoms with van der Waals surface area (Å²) in [5.74, 6) is 3.12. The third kappa shape index (κ3) is 2.60. The average Bonchev–Trinajstić information content (AvgIpc) is 3.07. The fourth-order valence-electron chi connectivity index (χ4n) is 3.59. The summed E-state index contributed by atoms with van der Waals surface area (Å²) in [5, 5.41) is 0. The van der Waals surface area contributed by atoms with Gasteiger partial charge in [-0.3, -0.25) is 0 Å². The van der Waals surface area contributed by atoms with E-state index in [1.54, 1.807) is 12.1 Å². The van der Waals surface area contributed by atoms with Crippen LogP contribution in [0.1, 0.15) is 36.0 Å². The molecule has 1 aromatic rings. The summed E-state index contributed by atoms with van der Waals surface area (Å²) < 4.78 is 10.5. The molecule has 0 heterocycles. The van der Waals surface area contributed by atoms with Crippen LogP contribution in [0.15, 0.2) is 24.3 Å². The standard InChI is InChI=1S/C16H20O3/c1-18-16(17)12-4-6-15(7-5-12)19-10-14-9-11-2-3-13(14)8-11/h4-7,11,13-14H,2-3,8-10H2,1H3. The number of benzene rings is 1. The first-order chi connectivity index (χ1) is 9.26. The van der Waals surface area contributed by atoms with Crippen molar-refractivity contribution in [3.63, 3.8) is 0 Å². The molecule has 0 aromatic heterocycles. The highest BCUT2D eigenvalue weighted by Gasteiger charge is 2.39. The van der Waals surface area contributed by atoms with Crippen LogP contribution >= 0.6 is 0 Å². The smallest absolute Gasteiger partial charge is 0.337 e. The molecule has 0 spiro atoms. The molecule has 19 heavy (non-hydrogen) atoms. The van der Waals surface area contributed by atoms with Crippen molar-refractivity contribution in [1.29, 1.82) is 0 Å². The van der Waals surface area contributed by atoms with Crippen LogP contribution in [0.5, 0.6) is 5.75 Å². The van der Waals surface area contributed by atoms with E-state index in [4.69, 9.17) is 4.74 Å². The maximum absolute atomic E-state index is 11.3. The highest BCUT2D eigenvalue weighted by molar-refractivity contribution is 5.89. The Morgan fingerprint density at radius 3 is 2.58 bits per heavy atom. The van der Waals surface area contributed by atoms with Gasteiger partial charge >= 0.3 is 5.97 Å². The summed E-state index contributed by atoms with van der Waals surface area (Å²) in [6.07, 6.45) is 5.56. The van der Waals surface area contributed by atoms with E-state index in [-0.39, 0.29) is 5.97 Å². The van der Waals surface area contributed by atoms with E-state index < -0.39 is 0 Å². The summed E-state index contributed by atoms with van der Waals surface area (Å²) >= 11 is 0. The molecule has 3 heteroatoms. The Labute approximate surface area is 113 Å². The lowest BCUT2D eigenvalue weighted by atomic mass is 9.89. The van der Waals surface area contributed by atoms with Gasteiger partial charge in [-0.1, -0.05) is 6.42 Å². The highest BCUT2D eigenvalue weighted by Crippen LogP contribution is 2.48. The number of carbonyl (C=O) groups is 1. The Hall–Kier alpha value is -1.51. The van der Waals surface area contributed by atoms with Gasteiger partial charge < -0.3 is 9.47 Å². The summed E-state index contributed by atoms with van der Waals surface area (Å²) in [6.45, 7) is 0.818. The van der Waals surface area contributed by atoms with Crippen LogP contribution in [0, 0.1) is 17.8 Å². The SMILES string of the molecule is COC(=O)c1ccc(OCC2CC3CCC2C3)cc1. The van der Waals surface area contributed by atoms with Gasteiger partial charge in [-0.15, -0.1) is 0 Å². The minimum absolute atomic E-state index is 0.306. The van der Waals surface area contributed by atoms with Crippen molar-refractivity contribution in [2.45, 2.75) is 25.7 Å². The molecule has 1 aromatic carbocycles. The second kappa shape index (κ2) is 5.24. The van der Waals surface area contributed by atoms with Gasteiger partial charge in [-0.05, 0) is 61.3 Å². The Morgan fingerprint density at radius 1 is 1.21 bits per heavy atom. The molecule has 3 atom stereocenters. The zero-order valence-electron chi connectivity index (χ0n) is 11.3. The molecule has 2 bridgehead atoms. The molecule has 2 aliphatic carbocycles. The second-order valence-corrected chi connectivity index (χ2v) is 5.76. The molecule has 0 radical (unpaired) electrons. The fraction of sp³-hybridized carbons (Fsp3) is 0.562. The quantitative estimate of drug-likeness (QED) is 0.779. The molecular formula is C16H20O3. The Bertz CT molecular complexity index is 452. The van der Waals surface area contributed by atoms with Crippen LogP contribution in [-0.2, 0) is 4.74 Å². The minimum Gasteiger partial charge on any atom is -0.493 e. The zero-order valence-corrected chi connectivity index (χ0v) is 11.3.